The predicted octanol–water partition coefficient (Wildman–Crippen LogP) is 6.57. The van der Waals surface area contributed by atoms with E-state index in [0.29, 0.717) is 5.41 Å². The van der Waals surface area contributed by atoms with Gasteiger partial charge in [0, 0.05) is 0 Å². The summed E-state index contributed by atoms with van der Waals surface area (Å²) < 4.78 is 0. The summed E-state index contributed by atoms with van der Waals surface area (Å²) in [4.78, 5) is 0. The molecule has 0 heterocycles. The van der Waals surface area contributed by atoms with Crippen LogP contribution in [-0.4, -0.2) is 21.9 Å². The van der Waals surface area contributed by atoms with E-state index in [-0.39, 0.29) is 6.10 Å². The smallest absolute Gasteiger partial charge is 0.0591 e. The largest absolute Gasteiger partial charge is 0.393 e. The Labute approximate surface area is 173 Å². The van der Waals surface area contributed by atoms with Gasteiger partial charge in [0.1, 0.15) is 0 Å². The Morgan fingerprint density at radius 2 is 1.93 bits per heavy atom. The highest BCUT2D eigenvalue weighted by molar-refractivity contribution is 5.25. The molecule has 3 saturated carbocycles. The third kappa shape index (κ3) is 5.30. The van der Waals surface area contributed by atoms with E-state index in [0.717, 1.165) is 49.9 Å². The van der Waals surface area contributed by atoms with E-state index in [1.54, 1.807) is 5.57 Å². The highest BCUT2D eigenvalue weighted by atomic mass is 16.3. The first kappa shape index (κ1) is 22.1. The van der Waals surface area contributed by atoms with E-state index in [1.807, 2.05) is 13.8 Å². The number of hydrogen-bond acceptors (Lipinski definition) is 2. The molecule has 2 nitrogen and oxygen atoms in total. The maximum atomic E-state index is 10.0. The summed E-state index contributed by atoms with van der Waals surface area (Å²) in [6.45, 7) is 8.91. The molecule has 28 heavy (non-hydrogen) atoms. The first-order chi connectivity index (χ1) is 13.2. The van der Waals surface area contributed by atoms with E-state index in [4.69, 9.17) is 0 Å². The van der Waals surface area contributed by atoms with Crippen LogP contribution in [0.3, 0.4) is 0 Å². The molecule has 0 spiro atoms. The number of allylic oxidation sites excluding steroid dienone is 3. The molecule has 3 aliphatic rings. The second-order valence-electron chi connectivity index (χ2n) is 11.1. The van der Waals surface area contributed by atoms with Gasteiger partial charge in [-0.2, -0.15) is 0 Å². The Kier molecular flexibility index (Phi) is 7.14. The van der Waals surface area contributed by atoms with Crippen LogP contribution in [0.4, 0.5) is 0 Å². The zero-order chi connectivity index (χ0) is 20.4. The van der Waals surface area contributed by atoms with Crippen molar-refractivity contribution in [2.24, 2.45) is 23.2 Å². The molecule has 0 aromatic rings. The van der Waals surface area contributed by atoms with Crippen molar-refractivity contribution < 1.29 is 10.2 Å². The van der Waals surface area contributed by atoms with Crippen LogP contribution >= 0.6 is 0 Å². The summed E-state index contributed by atoms with van der Waals surface area (Å²) in [7, 11) is 0. The van der Waals surface area contributed by atoms with Gasteiger partial charge in [-0.25, -0.2) is 0 Å². The second kappa shape index (κ2) is 9.04. The van der Waals surface area contributed by atoms with E-state index in [1.165, 1.54) is 50.5 Å². The van der Waals surface area contributed by atoms with Crippen LogP contribution in [0, 0.1) is 23.2 Å². The van der Waals surface area contributed by atoms with Gasteiger partial charge >= 0.3 is 0 Å². The molecule has 0 saturated heterocycles. The lowest BCUT2D eigenvalue weighted by atomic mass is 9.60. The van der Waals surface area contributed by atoms with Crippen LogP contribution in [0.1, 0.15) is 105 Å². The summed E-state index contributed by atoms with van der Waals surface area (Å²) in [6.07, 6.45) is 18.9. The summed E-state index contributed by atoms with van der Waals surface area (Å²) in [5, 5.41) is 20.0. The van der Waals surface area contributed by atoms with Gasteiger partial charge in [0.2, 0.25) is 0 Å². The van der Waals surface area contributed by atoms with Crippen LogP contribution in [0.25, 0.3) is 0 Å². The Hall–Kier alpha value is -0.600. The van der Waals surface area contributed by atoms with Gasteiger partial charge in [-0.15, -0.1) is 0 Å². The molecule has 3 unspecified atom stereocenters. The summed E-state index contributed by atoms with van der Waals surface area (Å²) in [6, 6.07) is 0. The van der Waals surface area contributed by atoms with E-state index >= 15 is 0 Å². The monoisotopic (exact) mass is 388 g/mol. The molecule has 2 N–H and O–H groups in total. The van der Waals surface area contributed by atoms with Crippen molar-refractivity contribution in [2.75, 3.05) is 0 Å². The normalized spacial score (nSPS) is 38.0. The van der Waals surface area contributed by atoms with Gasteiger partial charge < -0.3 is 10.2 Å². The molecule has 0 aliphatic heterocycles. The van der Waals surface area contributed by atoms with Crippen molar-refractivity contribution in [1.82, 2.24) is 0 Å². The van der Waals surface area contributed by atoms with Crippen molar-refractivity contribution in [3.8, 4) is 0 Å². The van der Waals surface area contributed by atoms with Gasteiger partial charge in [0.25, 0.3) is 0 Å². The van der Waals surface area contributed by atoms with Gasteiger partial charge in [-0.3, -0.25) is 0 Å². The molecular weight excluding hydrogens is 344 g/mol. The molecule has 2 heteroatoms. The molecule has 0 aromatic carbocycles. The number of aliphatic hydroxyl groups excluding tert-OH is 1. The molecule has 0 aromatic heterocycles. The zero-order valence-corrected chi connectivity index (χ0v) is 18.8. The molecule has 3 aliphatic carbocycles. The number of fused-ring (bicyclic) bond motifs is 1. The number of aliphatic hydroxyl groups is 2. The van der Waals surface area contributed by atoms with Gasteiger partial charge in [0.05, 0.1) is 11.7 Å². The second-order valence-corrected chi connectivity index (χ2v) is 11.1. The van der Waals surface area contributed by atoms with Crippen molar-refractivity contribution in [2.45, 2.75) is 116 Å². The van der Waals surface area contributed by atoms with Crippen molar-refractivity contribution in [1.29, 1.82) is 0 Å². The van der Waals surface area contributed by atoms with Crippen LogP contribution < -0.4 is 0 Å². The Bertz CT molecular complexity index is 582. The van der Waals surface area contributed by atoms with Gasteiger partial charge in [-0.05, 0) is 101 Å². The van der Waals surface area contributed by atoms with E-state index < -0.39 is 5.60 Å². The SMILES string of the molecule is C[C@H](CCCC(C)(C)O)C1CCC2/C(=C/C=C3/CCCC(O)C3)CCC[C@@]21C. The maximum Gasteiger partial charge on any atom is 0.0591 e. The Morgan fingerprint density at radius 1 is 1.14 bits per heavy atom. The molecule has 3 rings (SSSR count). The van der Waals surface area contributed by atoms with Gasteiger partial charge in [-0.1, -0.05) is 50.0 Å². The fourth-order valence-corrected chi connectivity index (χ4v) is 6.72. The number of rotatable bonds is 6. The van der Waals surface area contributed by atoms with Gasteiger partial charge in [0.15, 0.2) is 0 Å². The fourth-order valence-electron chi connectivity index (χ4n) is 6.72. The summed E-state index contributed by atoms with van der Waals surface area (Å²) >= 11 is 0. The third-order valence-electron chi connectivity index (χ3n) is 8.24. The fraction of sp³-hybridized carbons (Fsp3) is 0.846. The zero-order valence-electron chi connectivity index (χ0n) is 18.8. The van der Waals surface area contributed by atoms with Crippen LogP contribution in [-0.2, 0) is 0 Å². The molecule has 160 valence electrons. The van der Waals surface area contributed by atoms with Crippen LogP contribution in [0.2, 0.25) is 0 Å². The lowest BCUT2D eigenvalue weighted by Crippen LogP contribution is -2.36. The lowest BCUT2D eigenvalue weighted by Gasteiger charge is -2.44. The predicted molar refractivity (Wildman–Crippen MR) is 118 cm³/mol. The highest BCUT2D eigenvalue weighted by Gasteiger charge is 2.50. The maximum absolute atomic E-state index is 10.0. The minimum atomic E-state index is -0.525. The lowest BCUT2D eigenvalue weighted by molar-refractivity contribution is 0.0596. The quantitative estimate of drug-likeness (QED) is 0.540. The molecule has 0 bridgehead atoms. The van der Waals surface area contributed by atoms with Crippen LogP contribution in [0.15, 0.2) is 23.3 Å². The first-order valence-corrected chi connectivity index (χ1v) is 12.0. The average Bonchev–Trinajstić information content (AvgIpc) is 2.96. The van der Waals surface area contributed by atoms with Crippen molar-refractivity contribution in [3.63, 3.8) is 0 Å². The molecule has 0 radical (unpaired) electrons. The summed E-state index contributed by atoms with van der Waals surface area (Å²) in [5.74, 6) is 2.34. The first-order valence-electron chi connectivity index (χ1n) is 12.0. The van der Waals surface area contributed by atoms with Crippen molar-refractivity contribution in [3.05, 3.63) is 23.3 Å². The van der Waals surface area contributed by atoms with Crippen LogP contribution in [0.5, 0.6) is 0 Å². The minimum absolute atomic E-state index is 0.115. The highest BCUT2D eigenvalue weighted by Crippen LogP contribution is 2.59. The third-order valence-corrected chi connectivity index (χ3v) is 8.24. The Morgan fingerprint density at radius 3 is 2.64 bits per heavy atom. The molecule has 0 amide bonds. The molecular formula is C26H44O2. The van der Waals surface area contributed by atoms with Crippen molar-refractivity contribution >= 4 is 0 Å². The van der Waals surface area contributed by atoms with E-state index in [9.17, 15) is 10.2 Å². The summed E-state index contributed by atoms with van der Waals surface area (Å²) in [5.41, 5.74) is 3.08. The standard InChI is InChI=1S/C26H44O2/c1-19(8-6-16-25(2,3)28)23-14-15-24-21(10-7-17-26(23,24)4)13-12-20-9-5-11-22(27)18-20/h12-13,19,22-24,27-28H,5-11,14-18H2,1-4H3/b20-12-,21-13+/t19-,22?,23?,24?,26-/m1/s1. The molecule has 5 atom stereocenters. The van der Waals surface area contributed by atoms with E-state index in [2.05, 4.69) is 26.0 Å². The molecule has 3 fully saturated rings. The Balaban J connectivity index is 1.65. The topological polar surface area (TPSA) is 40.5 Å². The average molecular weight is 389 g/mol. The number of hydrogen-bond donors (Lipinski definition) is 2. The minimum Gasteiger partial charge on any atom is -0.393 e.